The van der Waals surface area contributed by atoms with Crippen molar-refractivity contribution >= 4 is 23.8 Å². The number of aryl methyl sites for hydroxylation is 1. The molecule has 4 heterocycles. The molecular weight excluding hydrogens is 624 g/mol. The molecule has 0 radical (unpaired) electrons. The van der Waals surface area contributed by atoms with Crippen molar-refractivity contribution in [2.75, 3.05) is 47.0 Å². The molecule has 3 unspecified atom stereocenters. The lowest BCUT2D eigenvalue weighted by molar-refractivity contribution is -0.145. The standard InChI is InChI=1S/C33H46N6O9/c1-20(37(3)19-28-21(2)47-33(44)48-28)29(40)36-25-18-38(32(43)34-14-7-16-45-4)15-12-22-10-11-26(39(22)31(25)42)30(41)35-24-13-17-46-27-9-6-5-8-23(24)27/h5-6,8-9,20,22,24-26H,7,10-19H2,1-4H3,(H,34,43)(H,35,41)(H,36,40)/t20-,22?,24+,25?,26?/m0/s1. The van der Waals surface area contributed by atoms with Crippen molar-refractivity contribution in [3.05, 3.63) is 52.0 Å². The van der Waals surface area contributed by atoms with E-state index in [0.717, 1.165) is 11.3 Å². The van der Waals surface area contributed by atoms with Crippen molar-refractivity contribution in [2.45, 2.75) is 82.7 Å². The maximum Gasteiger partial charge on any atom is 0.519 e. The normalized spacial score (nSPS) is 23.0. The van der Waals surface area contributed by atoms with E-state index in [2.05, 4.69) is 16.0 Å². The van der Waals surface area contributed by atoms with Crippen molar-refractivity contribution in [1.82, 2.24) is 30.7 Å². The molecule has 0 aliphatic carbocycles. The molecular formula is C33H46N6O9. The first-order valence-corrected chi connectivity index (χ1v) is 16.5. The van der Waals surface area contributed by atoms with Gasteiger partial charge in [-0.3, -0.25) is 19.3 Å². The number of rotatable bonds is 11. The quantitative estimate of drug-likeness (QED) is 0.296. The van der Waals surface area contributed by atoms with Gasteiger partial charge >= 0.3 is 11.9 Å². The van der Waals surface area contributed by atoms with Gasteiger partial charge in [0.1, 0.15) is 23.6 Å². The monoisotopic (exact) mass is 670 g/mol. The van der Waals surface area contributed by atoms with Gasteiger partial charge in [-0.2, -0.15) is 0 Å². The highest BCUT2D eigenvalue weighted by Crippen LogP contribution is 2.34. The van der Waals surface area contributed by atoms with Crippen molar-refractivity contribution in [3.63, 3.8) is 0 Å². The third-order valence-electron chi connectivity index (χ3n) is 9.44. The third-order valence-corrected chi connectivity index (χ3v) is 9.44. The molecule has 2 saturated heterocycles. The summed E-state index contributed by atoms with van der Waals surface area (Å²) in [5.74, 6) is -0.618. The van der Waals surface area contributed by atoms with Crippen LogP contribution in [-0.4, -0.2) is 110 Å². The second-order valence-electron chi connectivity index (χ2n) is 12.6. The Hall–Kier alpha value is -4.37. The average molecular weight is 671 g/mol. The third kappa shape index (κ3) is 8.01. The largest absolute Gasteiger partial charge is 0.519 e. The topological polar surface area (TPSA) is 176 Å². The highest BCUT2D eigenvalue weighted by molar-refractivity contribution is 5.94. The molecule has 48 heavy (non-hydrogen) atoms. The molecule has 5 atom stereocenters. The number of para-hydroxylation sites is 1. The first kappa shape index (κ1) is 35.0. The number of benzene rings is 1. The van der Waals surface area contributed by atoms with Gasteiger partial charge in [0.2, 0.25) is 17.7 Å². The van der Waals surface area contributed by atoms with Crippen LogP contribution < -0.4 is 26.5 Å². The Balaban J connectivity index is 1.33. The molecule has 2 aromatic rings. The van der Waals surface area contributed by atoms with E-state index < -0.39 is 35.8 Å². The van der Waals surface area contributed by atoms with Crippen LogP contribution in [0.15, 0.2) is 37.9 Å². The molecule has 5 rings (SSSR count). The molecule has 15 nitrogen and oxygen atoms in total. The van der Waals surface area contributed by atoms with Crippen LogP contribution in [0.3, 0.4) is 0 Å². The van der Waals surface area contributed by atoms with Crippen LogP contribution in [0.4, 0.5) is 4.79 Å². The van der Waals surface area contributed by atoms with Gasteiger partial charge < -0.3 is 44.1 Å². The minimum atomic E-state index is -1.10. The fourth-order valence-corrected chi connectivity index (χ4v) is 6.58. The van der Waals surface area contributed by atoms with Crippen LogP contribution in [0.2, 0.25) is 0 Å². The molecule has 3 aliphatic rings. The predicted octanol–water partition coefficient (Wildman–Crippen LogP) is 1.30. The summed E-state index contributed by atoms with van der Waals surface area (Å²) < 4.78 is 20.9. The predicted molar refractivity (Wildman–Crippen MR) is 172 cm³/mol. The Morgan fingerprint density at radius 3 is 2.60 bits per heavy atom. The van der Waals surface area contributed by atoms with E-state index in [0.29, 0.717) is 69.9 Å². The number of amides is 5. The number of urea groups is 1. The van der Waals surface area contributed by atoms with Crippen LogP contribution in [0.5, 0.6) is 5.75 Å². The van der Waals surface area contributed by atoms with Gasteiger partial charge in [0, 0.05) is 44.8 Å². The Labute approximate surface area is 279 Å². The van der Waals surface area contributed by atoms with E-state index in [-0.39, 0.29) is 37.1 Å². The van der Waals surface area contributed by atoms with E-state index in [1.165, 1.54) is 0 Å². The number of carbonyl (C=O) groups excluding carboxylic acids is 4. The molecule has 0 spiro atoms. The summed E-state index contributed by atoms with van der Waals surface area (Å²) in [5, 5.41) is 8.91. The minimum absolute atomic E-state index is 0.0717. The summed E-state index contributed by atoms with van der Waals surface area (Å²) in [6.45, 7) is 5.00. The summed E-state index contributed by atoms with van der Waals surface area (Å²) in [5.41, 5.74) is 0.894. The number of fused-ring (bicyclic) bond motifs is 2. The Morgan fingerprint density at radius 1 is 1.06 bits per heavy atom. The Bertz CT molecular complexity index is 1520. The SMILES string of the molecule is COCCCNC(=O)N1CCC2CCC(C(=O)N[C@@H]3CCOc4ccccc43)N2C(=O)C(NC(=O)[C@H](C)N(C)Cc2oc(=O)oc2C)C1. The fraction of sp³-hybridized carbons (Fsp3) is 0.606. The number of likely N-dealkylation sites (N-methyl/N-ethyl adjacent to an activating group) is 1. The van der Waals surface area contributed by atoms with Crippen molar-refractivity contribution in [1.29, 1.82) is 0 Å². The fourth-order valence-electron chi connectivity index (χ4n) is 6.58. The summed E-state index contributed by atoms with van der Waals surface area (Å²) in [4.78, 5) is 71.4. The molecule has 15 heteroatoms. The molecule has 0 saturated carbocycles. The number of methoxy groups -OCH3 is 1. The zero-order valence-corrected chi connectivity index (χ0v) is 28.0. The average Bonchev–Trinajstić information content (AvgIpc) is 3.64. The maximum atomic E-state index is 14.4. The van der Waals surface area contributed by atoms with Crippen molar-refractivity contribution in [3.8, 4) is 5.75 Å². The Kier molecular flexibility index (Phi) is 11.4. The molecule has 0 bridgehead atoms. The van der Waals surface area contributed by atoms with E-state index in [4.69, 9.17) is 18.3 Å². The molecule has 3 N–H and O–H groups in total. The number of ether oxygens (including phenoxy) is 2. The van der Waals surface area contributed by atoms with E-state index in [1.807, 2.05) is 24.3 Å². The summed E-state index contributed by atoms with van der Waals surface area (Å²) in [6.07, 6.45) is 2.78. The first-order chi connectivity index (χ1) is 23.1. The van der Waals surface area contributed by atoms with Gasteiger partial charge in [-0.1, -0.05) is 18.2 Å². The number of nitrogens with zero attached hydrogens (tertiary/aromatic N) is 3. The molecule has 3 aliphatic heterocycles. The molecule has 5 amide bonds. The van der Waals surface area contributed by atoms with E-state index >= 15 is 0 Å². The summed E-state index contributed by atoms with van der Waals surface area (Å²) in [7, 11) is 3.27. The van der Waals surface area contributed by atoms with Crippen LogP contribution in [0, 0.1) is 6.92 Å². The van der Waals surface area contributed by atoms with Crippen LogP contribution in [0.1, 0.15) is 62.2 Å². The summed E-state index contributed by atoms with van der Waals surface area (Å²) >= 11 is 0. The maximum absolute atomic E-state index is 14.4. The van der Waals surface area contributed by atoms with Gasteiger partial charge in [0.25, 0.3) is 0 Å². The van der Waals surface area contributed by atoms with Gasteiger partial charge in [0.15, 0.2) is 5.76 Å². The number of hydrogen-bond acceptors (Lipinski definition) is 10. The van der Waals surface area contributed by atoms with Gasteiger partial charge in [0.05, 0.1) is 31.8 Å². The van der Waals surface area contributed by atoms with Gasteiger partial charge in [-0.25, -0.2) is 9.59 Å². The van der Waals surface area contributed by atoms with Crippen LogP contribution >= 0.6 is 0 Å². The van der Waals surface area contributed by atoms with Crippen LogP contribution in [0.25, 0.3) is 0 Å². The number of nitrogens with one attached hydrogen (secondary N) is 3. The first-order valence-electron chi connectivity index (χ1n) is 16.5. The lowest BCUT2D eigenvalue weighted by atomic mass is 10.00. The number of carbonyl (C=O) groups is 4. The molecule has 2 fully saturated rings. The second-order valence-corrected chi connectivity index (χ2v) is 12.6. The zero-order valence-electron chi connectivity index (χ0n) is 28.0. The van der Waals surface area contributed by atoms with E-state index in [9.17, 15) is 24.0 Å². The van der Waals surface area contributed by atoms with Crippen molar-refractivity contribution < 1.29 is 37.5 Å². The highest BCUT2D eigenvalue weighted by Gasteiger charge is 2.46. The minimum Gasteiger partial charge on any atom is -0.493 e. The zero-order chi connectivity index (χ0) is 34.4. The van der Waals surface area contributed by atoms with E-state index in [1.54, 1.807) is 42.7 Å². The smallest absolute Gasteiger partial charge is 0.493 e. The molecule has 1 aromatic heterocycles. The lowest BCUT2D eigenvalue weighted by Gasteiger charge is -2.39. The summed E-state index contributed by atoms with van der Waals surface area (Å²) in [6, 6.07) is 4.13. The second kappa shape index (κ2) is 15.7. The lowest BCUT2D eigenvalue weighted by Crippen LogP contribution is -2.63. The highest BCUT2D eigenvalue weighted by atomic mass is 16.6. The number of hydrogen-bond donors (Lipinski definition) is 3. The molecule has 262 valence electrons. The van der Waals surface area contributed by atoms with Crippen LogP contribution in [-0.2, 0) is 25.7 Å². The van der Waals surface area contributed by atoms with Gasteiger partial charge in [-0.15, -0.1) is 0 Å². The van der Waals surface area contributed by atoms with Gasteiger partial charge in [-0.05, 0) is 52.6 Å². The Morgan fingerprint density at radius 2 is 1.85 bits per heavy atom. The molecule has 1 aromatic carbocycles. The van der Waals surface area contributed by atoms with Crippen molar-refractivity contribution in [2.24, 2.45) is 0 Å².